The maximum atomic E-state index is 12.8. The summed E-state index contributed by atoms with van der Waals surface area (Å²) in [5.74, 6) is 1.08. The summed E-state index contributed by atoms with van der Waals surface area (Å²) in [7, 11) is 0. The summed E-state index contributed by atoms with van der Waals surface area (Å²) in [4.78, 5) is 24.1. The number of anilines is 3. The number of nitrogens with zero attached hydrogens (tertiary/aromatic N) is 3. The van der Waals surface area contributed by atoms with Gasteiger partial charge in [0.1, 0.15) is 11.4 Å². The summed E-state index contributed by atoms with van der Waals surface area (Å²) in [6.07, 6.45) is 2.07. The van der Waals surface area contributed by atoms with Crippen LogP contribution in [0.4, 0.5) is 17.3 Å². The fourth-order valence-corrected chi connectivity index (χ4v) is 3.53. The first-order valence-electron chi connectivity index (χ1n) is 9.89. The van der Waals surface area contributed by atoms with Crippen molar-refractivity contribution in [3.63, 3.8) is 0 Å². The molecule has 0 saturated heterocycles. The Balaban J connectivity index is 1.58. The number of hydrogen-bond donors (Lipinski definition) is 1. The van der Waals surface area contributed by atoms with E-state index in [0.29, 0.717) is 23.9 Å². The maximum absolute atomic E-state index is 12.8. The highest BCUT2D eigenvalue weighted by molar-refractivity contribution is 6.03. The van der Waals surface area contributed by atoms with E-state index in [4.69, 9.17) is 4.74 Å². The average Bonchev–Trinajstić information content (AvgIpc) is 2.74. The Morgan fingerprint density at radius 3 is 2.72 bits per heavy atom. The van der Waals surface area contributed by atoms with Crippen molar-refractivity contribution in [2.45, 2.75) is 26.7 Å². The molecule has 148 valence electrons. The highest BCUT2D eigenvalue weighted by atomic mass is 16.5. The highest BCUT2D eigenvalue weighted by Gasteiger charge is 2.21. The Morgan fingerprint density at radius 1 is 1.14 bits per heavy atom. The molecule has 1 aliphatic heterocycles. The van der Waals surface area contributed by atoms with Gasteiger partial charge < -0.3 is 15.0 Å². The van der Waals surface area contributed by atoms with Gasteiger partial charge in [-0.25, -0.2) is 9.97 Å². The molecule has 3 aromatic rings. The largest absolute Gasteiger partial charge is 0.494 e. The molecule has 6 nitrogen and oxygen atoms in total. The van der Waals surface area contributed by atoms with Gasteiger partial charge in [-0.05, 0) is 68.7 Å². The molecule has 29 heavy (non-hydrogen) atoms. The molecule has 0 saturated carbocycles. The number of para-hydroxylation sites is 1. The normalized spacial score (nSPS) is 13.0. The maximum Gasteiger partial charge on any atom is 0.274 e. The van der Waals surface area contributed by atoms with Crippen LogP contribution in [-0.4, -0.2) is 29.0 Å². The van der Waals surface area contributed by atoms with Crippen LogP contribution in [0.1, 0.15) is 35.1 Å². The predicted molar refractivity (Wildman–Crippen MR) is 114 cm³/mol. The van der Waals surface area contributed by atoms with E-state index in [1.54, 1.807) is 6.07 Å². The topological polar surface area (TPSA) is 67.3 Å². The average molecular weight is 388 g/mol. The molecule has 2 heterocycles. The van der Waals surface area contributed by atoms with Crippen molar-refractivity contribution in [1.82, 2.24) is 9.97 Å². The summed E-state index contributed by atoms with van der Waals surface area (Å²) in [6.45, 7) is 5.26. The monoisotopic (exact) mass is 388 g/mol. The Hall–Kier alpha value is -3.41. The molecule has 0 radical (unpaired) electrons. The van der Waals surface area contributed by atoms with Gasteiger partial charge >= 0.3 is 0 Å². The van der Waals surface area contributed by atoms with Gasteiger partial charge in [-0.1, -0.05) is 18.2 Å². The van der Waals surface area contributed by atoms with E-state index >= 15 is 0 Å². The number of ether oxygens (including phenoxy) is 1. The van der Waals surface area contributed by atoms with Gasteiger partial charge in [-0.2, -0.15) is 0 Å². The van der Waals surface area contributed by atoms with E-state index in [0.717, 1.165) is 36.5 Å². The van der Waals surface area contributed by atoms with Crippen LogP contribution in [0.3, 0.4) is 0 Å². The molecule has 0 aliphatic carbocycles. The number of carbonyl (C=O) groups is 1. The third-order valence-electron chi connectivity index (χ3n) is 4.85. The zero-order valence-corrected chi connectivity index (χ0v) is 16.7. The van der Waals surface area contributed by atoms with Gasteiger partial charge in [0.25, 0.3) is 5.91 Å². The van der Waals surface area contributed by atoms with Crippen molar-refractivity contribution in [3.05, 3.63) is 71.5 Å². The van der Waals surface area contributed by atoms with Gasteiger partial charge in [0.05, 0.1) is 6.61 Å². The smallest absolute Gasteiger partial charge is 0.274 e. The van der Waals surface area contributed by atoms with E-state index in [-0.39, 0.29) is 5.91 Å². The van der Waals surface area contributed by atoms with Crippen LogP contribution in [0.5, 0.6) is 5.75 Å². The van der Waals surface area contributed by atoms with Gasteiger partial charge in [0, 0.05) is 23.6 Å². The standard InChI is InChI=1S/C23H24N4O2/c1-3-29-19-12-10-18(11-13-19)25-22(28)20-15-16(2)24-23(26-20)27-14-6-8-17-7-4-5-9-21(17)27/h4-5,7,9-13,15H,3,6,8,14H2,1-2H3,(H,25,28). The van der Waals surface area contributed by atoms with Crippen molar-refractivity contribution < 1.29 is 9.53 Å². The van der Waals surface area contributed by atoms with Crippen molar-refractivity contribution in [2.24, 2.45) is 0 Å². The third kappa shape index (κ3) is 4.21. The number of aromatic nitrogens is 2. The molecule has 2 aromatic carbocycles. The number of amides is 1. The Labute approximate surface area is 170 Å². The van der Waals surface area contributed by atoms with Gasteiger partial charge in [0.2, 0.25) is 5.95 Å². The number of hydrogen-bond acceptors (Lipinski definition) is 5. The second-order valence-electron chi connectivity index (χ2n) is 6.99. The van der Waals surface area contributed by atoms with E-state index in [1.165, 1.54) is 5.56 Å². The summed E-state index contributed by atoms with van der Waals surface area (Å²) in [5, 5.41) is 2.90. The molecular formula is C23H24N4O2. The van der Waals surface area contributed by atoms with Crippen molar-refractivity contribution in [3.8, 4) is 5.75 Å². The van der Waals surface area contributed by atoms with Gasteiger partial charge in [-0.3, -0.25) is 4.79 Å². The van der Waals surface area contributed by atoms with Crippen LogP contribution in [0, 0.1) is 6.92 Å². The van der Waals surface area contributed by atoms with E-state index in [9.17, 15) is 4.79 Å². The highest BCUT2D eigenvalue weighted by Crippen LogP contribution is 2.31. The molecule has 0 unspecified atom stereocenters. The summed E-state index contributed by atoms with van der Waals surface area (Å²) < 4.78 is 5.44. The van der Waals surface area contributed by atoms with Gasteiger partial charge in [0.15, 0.2) is 0 Å². The molecule has 1 amide bonds. The fourth-order valence-electron chi connectivity index (χ4n) is 3.53. The second-order valence-corrected chi connectivity index (χ2v) is 6.99. The molecule has 0 spiro atoms. The molecule has 4 rings (SSSR count). The SMILES string of the molecule is CCOc1ccc(NC(=O)c2cc(C)nc(N3CCCc4ccccc43)n2)cc1. The zero-order chi connectivity index (χ0) is 20.2. The van der Waals surface area contributed by atoms with E-state index in [1.807, 2.05) is 44.2 Å². The lowest BCUT2D eigenvalue weighted by atomic mass is 10.0. The molecule has 1 aliphatic rings. The number of rotatable bonds is 5. The lowest BCUT2D eigenvalue weighted by molar-refractivity contribution is 0.102. The van der Waals surface area contributed by atoms with Crippen LogP contribution >= 0.6 is 0 Å². The predicted octanol–water partition coefficient (Wildman–Crippen LogP) is 4.52. The number of benzene rings is 2. The lowest BCUT2D eigenvalue weighted by Gasteiger charge is -2.29. The molecule has 1 N–H and O–H groups in total. The molecular weight excluding hydrogens is 364 g/mol. The van der Waals surface area contributed by atoms with Crippen LogP contribution in [0.15, 0.2) is 54.6 Å². The minimum absolute atomic E-state index is 0.258. The van der Waals surface area contributed by atoms with Crippen molar-refractivity contribution in [1.29, 1.82) is 0 Å². The minimum atomic E-state index is -0.258. The first-order valence-corrected chi connectivity index (χ1v) is 9.89. The van der Waals surface area contributed by atoms with E-state index < -0.39 is 0 Å². The zero-order valence-electron chi connectivity index (χ0n) is 16.7. The quantitative estimate of drug-likeness (QED) is 0.696. The van der Waals surface area contributed by atoms with Gasteiger partial charge in [-0.15, -0.1) is 0 Å². The number of nitrogens with one attached hydrogen (secondary N) is 1. The Bertz CT molecular complexity index is 1020. The summed E-state index contributed by atoms with van der Waals surface area (Å²) in [5.41, 5.74) is 4.20. The first kappa shape index (κ1) is 18.9. The Kier molecular flexibility index (Phi) is 5.42. The van der Waals surface area contributed by atoms with Crippen LogP contribution in [0.2, 0.25) is 0 Å². The Morgan fingerprint density at radius 2 is 1.93 bits per heavy atom. The van der Waals surface area contributed by atoms with Crippen LogP contribution in [0.25, 0.3) is 0 Å². The summed E-state index contributed by atoms with van der Waals surface area (Å²) >= 11 is 0. The summed E-state index contributed by atoms with van der Waals surface area (Å²) in [6, 6.07) is 17.3. The molecule has 0 fully saturated rings. The minimum Gasteiger partial charge on any atom is -0.494 e. The fraction of sp³-hybridized carbons (Fsp3) is 0.261. The van der Waals surface area contributed by atoms with Crippen LogP contribution < -0.4 is 15.0 Å². The van der Waals surface area contributed by atoms with Crippen LogP contribution in [-0.2, 0) is 6.42 Å². The van der Waals surface area contributed by atoms with Crippen molar-refractivity contribution in [2.75, 3.05) is 23.4 Å². The van der Waals surface area contributed by atoms with E-state index in [2.05, 4.69) is 38.4 Å². The molecule has 6 heteroatoms. The third-order valence-corrected chi connectivity index (χ3v) is 4.85. The lowest BCUT2D eigenvalue weighted by Crippen LogP contribution is -2.27. The molecule has 1 aromatic heterocycles. The molecule has 0 bridgehead atoms. The van der Waals surface area contributed by atoms with Crippen molar-refractivity contribution >= 4 is 23.2 Å². The first-order chi connectivity index (χ1) is 14.1. The number of carbonyl (C=O) groups excluding carboxylic acids is 1. The number of fused-ring (bicyclic) bond motifs is 1. The second kappa shape index (κ2) is 8.31. The number of aryl methyl sites for hydroxylation is 2. The molecule has 0 atom stereocenters.